The maximum atomic E-state index is 5.99. The van der Waals surface area contributed by atoms with Crippen LogP contribution in [0.15, 0.2) is 71.9 Å². The summed E-state index contributed by atoms with van der Waals surface area (Å²) < 4.78 is 10.7. The Morgan fingerprint density at radius 3 is 2.41 bits per heavy atom. The molecule has 4 aromatic rings. The summed E-state index contributed by atoms with van der Waals surface area (Å²) in [5.74, 6) is 3.09. The van der Waals surface area contributed by atoms with Crippen molar-refractivity contribution >= 4 is 40.1 Å². The zero-order chi connectivity index (χ0) is 22.3. The minimum atomic E-state index is 0.730. The van der Waals surface area contributed by atoms with E-state index in [-0.39, 0.29) is 0 Å². The molecule has 1 N–H and O–H groups in total. The predicted octanol–water partition coefficient (Wildman–Crippen LogP) is 6.25. The van der Waals surface area contributed by atoms with Gasteiger partial charge in [0.2, 0.25) is 0 Å². The largest absolute Gasteiger partial charge is 0.493 e. The van der Waals surface area contributed by atoms with Gasteiger partial charge in [0, 0.05) is 22.7 Å². The molecule has 0 unspecified atom stereocenters. The second-order valence-corrected chi connectivity index (χ2v) is 8.53. The predicted molar refractivity (Wildman–Crippen MR) is 132 cm³/mol. The van der Waals surface area contributed by atoms with E-state index in [2.05, 4.69) is 11.4 Å². The van der Waals surface area contributed by atoms with Crippen molar-refractivity contribution in [3.8, 4) is 11.5 Å². The van der Waals surface area contributed by atoms with Gasteiger partial charge >= 0.3 is 0 Å². The zero-order valence-electron chi connectivity index (χ0n) is 18.0. The van der Waals surface area contributed by atoms with Gasteiger partial charge in [-0.1, -0.05) is 53.7 Å². The molecule has 7 heteroatoms. The molecule has 1 aromatic heterocycles. The number of hydrogen-bond donors (Lipinski definition) is 1. The number of thioether (sulfide) groups is 1. The highest BCUT2D eigenvalue weighted by molar-refractivity contribution is 7.98. The first-order valence-corrected chi connectivity index (χ1v) is 11.6. The number of benzene rings is 3. The van der Waals surface area contributed by atoms with Gasteiger partial charge in [-0.15, -0.1) is 0 Å². The fourth-order valence-corrected chi connectivity index (χ4v) is 4.28. The van der Waals surface area contributed by atoms with Crippen LogP contribution in [0, 0.1) is 0 Å². The third-order valence-corrected chi connectivity index (χ3v) is 6.19. The van der Waals surface area contributed by atoms with E-state index in [1.807, 2.05) is 60.7 Å². The summed E-state index contributed by atoms with van der Waals surface area (Å²) in [6.45, 7) is 0.734. The first kappa shape index (κ1) is 22.2. The number of fused-ring (bicyclic) bond motifs is 1. The van der Waals surface area contributed by atoms with Crippen LogP contribution < -0.4 is 14.8 Å². The highest BCUT2D eigenvalue weighted by Gasteiger charge is 2.09. The maximum Gasteiger partial charge on any atom is 0.190 e. The Hall–Kier alpha value is -2.96. The Morgan fingerprint density at radius 2 is 1.62 bits per heavy atom. The van der Waals surface area contributed by atoms with Gasteiger partial charge in [0.05, 0.1) is 19.7 Å². The van der Waals surface area contributed by atoms with E-state index in [1.54, 1.807) is 26.0 Å². The molecular formula is C25H24ClN3O2S. The summed E-state index contributed by atoms with van der Waals surface area (Å²) in [6.07, 6.45) is 0.825. The lowest BCUT2D eigenvalue weighted by Crippen LogP contribution is -2.08. The Kier molecular flexibility index (Phi) is 7.35. The summed E-state index contributed by atoms with van der Waals surface area (Å²) in [4.78, 5) is 9.53. The number of anilines is 1. The van der Waals surface area contributed by atoms with Crippen LogP contribution >= 0.6 is 23.4 Å². The molecule has 32 heavy (non-hydrogen) atoms. The number of hydrogen-bond acceptors (Lipinski definition) is 6. The highest BCUT2D eigenvalue weighted by atomic mass is 35.5. The van der Waals surface area contributed by atoms with Gasteiger partial charge in [-0.2, -0.15) is 0 Å². The molecule has 0 saturated carbocycles. The minimum Gasteiger partial charge on any atom is -0.493 e. The summed E-state index contributed by atoms with van der Waals surface area (Å²) in [5, 5.41) is 5.98. The van der Waals surface area contributed by atoms with Crippen molar-refractivity contribution in [3.05, 3.63) is 82.9 Å². The van der Waals surface area contributed by atoms with Crippen LogP contribution in [0.5, 0.6) is 11.5 Å². The first-order valence-electron chi connectivity index (χ1n) is 10.2. The maximum absolute atomic E-state index is 5.99. The van der Waals surface area contributed by atoms with Crippen LogP contribution in [0.3, 0.4) is 0 Å². The molecule has 0 amide bonds. The van der Waals surface area contributed by atoms with Gasteiger partial charge in [-0.05, 0) is 53.9 Å². The number of ether oxygens (including phenoxy) is 2. The number of aromatic nitrogens is 2. The van der Waals surface area contributed by atoms with E-state index >= 15 is 0 Å². The number of methoxy groups -OCH3 is 2. The molecule has 3 aromatic carbocycles. The SMILES string of the molecule is COc1ccc(CCNc2nc(SCc3ccc(Cl)cc3)nc3ccccc23)cc1OC. The van der Waals surface area contributed by atoms with Crippen LogP contribution in [-0.2, 0) is 12.2 Å². The lowest BCUT2D eigenvalue weighted by molar-refractivity contribution is 0.354. The molecule has 0 spiro atoms. The van der Waals surface area contributed by atoms with Crippen LogP contribution in [0.25, 0.3) is 10.9 Å². The lowest BCUT2D eigenvalue weighted by Gasteiger charge is -2.12. The van der Waals surface area contributed by atoms with Gasteiger partial charge in [0.15, 0.2) is 16.7 Å². The Labute approximate surface area is 197 Å². The van der Waals surface area contributed by atoms with E-state index in [0.29, 0.717) is 0 Å². The van der Waals surface area contributed by atoms with E-state index in [0.717, 1.165) is 62.7 Å². The summed E-state index contributed by atoms with van der Waals surface area (Å²) in [6, 6.07) is 21.9. The molecule has 0 aliphatic carbocycles. The lowest BCUT2D eigenvalue weighted by atomic mass is 10.1. The Balaban J connectivity index is 1.48. The molecular weight excluding hydrogens is 442 g/mol. The molecule has 164 valence electrons. The van der Waals surface area contributed by atoms with Crippen LogP contribution in [-0.4, -0.2) is 30.7 Å². The smallest absolute Gasteiger partial charge is 0.190 e. The number of rotatable bonds is 9. The number of para-hydroxylation sites is 1. The molecule has 0 bridgehead atoms. The van der Waals surface area contributed by atoms with Crippen molar-refractivity contribution in [1.82, 2.24) is 9.97 Å². The van der Waals surface area contributed by atoms with Crippen molar-refractivity contribution in [2.75, 3.05) is 26.1 Å². The van der Waals surface area contributed by atoms with Crippen LogP contribution in [0.1, 0.15) is 11.1 Å². The molecule has 1 heterocycles. The third kappa shape index (κ3) is 5.44. The molecule has 0 saturated heterocycles. The third-order valence-electron chi connectivity index (χ3n) is 5.02. The van der Waals surface area contributed by atoms with Gasteiger partial charge in [0.25, 0.3) is 0 Å². The van der Waals surface area contributed by atoms with Crippen molar-refractivity contribution in [2.45, 2.75) is 17.3 Å². The zero-order valence-corrected chi connectivity index (χ0v) is 19.5. The molecule has 0 fully saturated rings. The molecule has 0 aliphatic rings. The minimum absolute atomic E-state index is 0.730. The standard InChI is InChI=1S/C25H24ClN3O2S/c1-30-22-12-9-17(15-23(22)31-2)13-14-27-24-20-5-3-4-6-21(20)28-25(29-24)32-16-18-7-10-19(26)11-8-18/h3-12,15H,13-14,16H2,1-2H3,(H,27,28,29). The first-order chi connectivity index (χ1) is 15.7. The second-order valence-electron chi connectivity index (χ2n) is 7.15. The Bertz CT molecular complexity index is 1200. The van der Waals surface area contributed by atoms with Gasteiger partial charge in [-0.25, -0.2) is 9.97 Å². The van der Waals surface area contributed by atoms with E-state index in [4.69, 9.17) is 31.0 Å². The van der Waals surface area contributed by atoms with Gasteiger partial charge in [-0.3, -0.25) is 0 Å². The van der Waals surface area contributed by atoms with Crippen LogP contribution in [0.2, 0.25) is 5.02 Å². The summed E-state index contributed by atoms with van der Waals surface area (Å²) in [5.41, 5.74) is 3.26. The summed E-state index contributed by atoms with van der Waals surface area (Å²) >= 11 is 7.60. The van der Waals surface area contributed by atoms with Gasteiger partial charge < -0.3 is 14.8 Å². The average molecular weight is 466 g/mol. The summed E-state index contributed by atoms with van der Waals surface area (Å²) in [7, 11) is 3.29. The number of halogens is 1. The molecule has 0 atom stereocenters. The van der Waals surface area contributed by atoms with E-state index in [1.165, 1.54) is 5.56 Å². The van der Waals surface area contributed by atoms with Crippen molar-refractivity contribution in [3.63, 3.8) is 0 Å². The average Bonchev–Trinajstić information content (AvgIpc) is 2.83. The molecule has 4 rings (SSSR count). The van der Waals surface area contributed by atoms with Crippen molar-refractivity contribution in [1.29, 1.82) is 0 Å². The quantitative estimate of drug-likeness (QED) is 0.233. The normalized spacial score (nSPS) is 10.8. The molecule has 0 radical (unpaired) electrons. The van der Waals surface area contributed by atoms with Crippen LogP contribution in [0.4, 0.5) is 5.82 Å². The van der Waals surface area contributed by atoms with E-state index < -0.39 is 0 Å². The fraction of sp³-hybridized carbons (Fsp3) is 0.200. The topological polar surface area (TPSA) is 56.3 Å². The fourth-order valence-electron chi connectivity index (χ4n) is 3.34. The number of nitrogens with one attached hydrogen (secondary N) is 1. The number of nitrogens with zero attached hydrogens (tertiary/aromatic N) is 2. The monoisotopic (exact) mass is 465 g/mol. The van der Waals surface area contributed by atoms with E-state index in [9.17, 15) is 0 Å². The van der Waals surface area contributed by atoms with Gasteiger partial charge in [0.1, 0.15) is 5.82 Å². The Morgan fingerprint density at radius 1 is 0.875 bits per heavy atom. The highest BCUT2D eigenvalue weighted by Crippen LogP contribution is 2.29. The van der Waals surface area contributed by atoms with Crippen molar-refractivity contribution in [2.24, 2.45) is 0 Å². The second kappa shape index (κ2) is 10.6. The van der Waals surface area contributed by atoms with Crippen molar-refractivity contribution < 1.29 is 9.47 Å². The molecule has 5 nitrogen and oxygen atoms in total. The molecule has 0 aliphatic heterocycles.